The fourth-order valence-electron chi connectivity index (χ4n) is 0.644. The Kier molecular flexibility index (Phi) is 7.30. The molecular weight excluding hydrogens is 196 g/mol. The summed E-state index contributed by atoms with van der Waals surface area (Å²) < 4.78 is 4.81. The van der Waals surface area contributed by atoms with E-state index < -0.39 is 0 Å². The molecule has 2 nitrogen and oxygen atoms in total. The Morgan fingerprint density at radius 1 is 1.50 bits per heavy atom. The van der Waals surface area contributed by atoms with Crippen molar-refractivity contribution in [1.82, 2.24) is 0 Å². The van der Waals surface area contributed by atoms with Gasteiger partial charge in [0.2, 0.25) is 0 Å². The van der Waals surface area contributed by atoms with E-state index in [0.29, 0.717) is 25.2 Å². The van der Waals surface area contributed by atoms with Crippen molar-refractivity contribution < 1.29 is 9.53 Å². The number of Topliss-reactive ketones (excluding diaryl/α,β-unsaturated/α-hetero) is 1. The molecule has 0 aliphatic heterocycles. The third-order valence-corrected chi connectivity index (χ3v) is 1.57. The monoisotopic (exact) mass is 208 g/mol. The molecule has 0 aromatic carbocycles. The summed E-state index contributed by atoms with van der Waals surface area (Å²) in [5.41, 5.74) is 0. The molecule has 0 fully saturated rings. The van der Waals surface area contributed by atoms with Gasteiger partial charge >= 0.3 is 0 Å². The van der Waals surface area contributed by atoms with Gasteiger partial charge in [-0.25, -0.2) is 0 Å². The summed E-state index contributed by atoms with van der Waals surface area (Å²) in [5.74, 6) is 0.314. The quantitative estimate of drug-likeness (QED) is 0.492. The molecule has 60 valence electrons. The summed E-state index contributed by atoms with van der Waals surface area (Å²) in [6, 6.07) is 0. The summed E-state index contributed by atoms with van der Waals surface area (Å²) in [6.45, 7) is 0.689. The van der Waals surface area contributed by atoms with Crippen LogP contribution in [0.3, 0.4) is 0 Å². The SMILES string of the molecule is COCCCC(=O)CCBr. The normalized spacial score (nSPS) is 9.80. The zero-order valence-corrected chi connectivity index (χ0v) is 7.82. The second kappa shape index (κ2) is 7.22. The summed E-state index contributed by atoms with van der Waals surface area (Å²) >= 11 is 3.21. The average Bonchev–Trinajstić information content (AvgIpc) is 1.89. The van der Waals surface area contributed by atoms with Crippen molar-refractivity contribution in [3.63, 3.8) is 0 Å². The Labute approximate surface area is 70.1 Å². The number of alkyl halides is 1. The number of ketones is 1. The first-order chi connectivity index (χ1) is 4.81. The van der Waals surface area contributed by atoms with Crippen molar-refractivity contribution in [3.8, 4) is 0 Å². The van der Waals surface area contributed by atoms with Gasteiger partial charge in [-0.2, -0.15) is 0 Å². The molecule has 0 N–H and O–H groups in total. The molecule has 3 heteroatoms. The Morgan fingerprint density at radius 2 is 2.20 bits per heavy atom. The van der Waals surface area contributed by atoms with Gasteiger partial charge in [0.15, 0.2) is 0 Å². The number of methoxy groups -OCH3 is 1. The van der Waals surface area contributed by atoms with E-state index in [1.165, 1.54) is 0 Å². The van der Waals surface area contributed by atoms with Crippen LogP contribution >= 0.6 is 15.9 Å². The largest absolute Gasteiger partial charge is 0.385 e. The van der Waals surface area contributed by atoms with E-state index in [9.17, 15) is 4.79 Å². The predicted molar refractivity (Wildman–Crippen MR) is 44.5 cm³/mol. The van der Waals surface area contributed by atoms with Gasteiger partial charge in [-0.15, -0.1) is 0 Å². The lowest BCUT2D eigenvalue weighted by molar-refractivity contribution is -0.118. The van der Waals surface area contributed by atoms with Crippen molar-refractivity contribution >= 4 is 21.7 Å². The molecule has 0 amide bonds. The third kappa shape index (κ3) is 6.23. The van der Waals surface area contributed by atoms with Crippen molar-refractivity contribution in [2.75, 3.05) is 19.0 Å². The maximum Gasteiger partial charge on any atom is 0.133 e. The first-order valence-corrected chi connectivity index (χ1v) is 4.50. The van der Waals surface area contributed by atoms with Gasteiger partial charge in [0, 0.05) is 31.9 Å². The van der Waals surface area contributed by atoms with E-state index in [-0.39, 0.29) is 0 Å². The highest BCUT2D eigenvalue weighted by Crippen LogP contribution is 1.97. The van der Waals surface area contributed by atoms with Gasteiger partial charge in [-0.3, -0.25) is 4.79 Å². The van der Waals surface area contributed by atoms with Crippen molar-refractivity contribution in [2.24, 2.45) is 0 Å². The van der Waals surface area contributed by atoms with Crippen LogP contribution in [-0.4, -0.2) is 24.8 Å². The van der Waals surface area contributed by atoms with E-state index in [4.69, 9.17) is 4.74 Å². The van der Waals surface area contributed by atoms with Gasteiger partial charge in [-0.1, -0.05) is 15.9 Å². The molecule has 0 atom stereocenters. The van der Waals surface area contributed by atoms with Crippen LogP contribution in [0.2, 0.25) is 0 Å². The molecule has 0 aromatic rings. The van der Waals surface area contributed by atoms with Crippen LogP contribution < -0.4 is 0 Å². The maximum absolute atomic E-state index is 10.8. The van der Waals surface area contributed by atoms with E-state index >= 15 is 0 Å². The zero-order chi connectivity index (χ0) is 7.82. The van der Waals surface area contributed by atoms with Crippen molar-refractivity contribution in [3.05, 3.63) is 0 Å². The molecule has 0 rings (SSSR count). The number of hydrogen-bond acceptors (Lipinski definition) is 2. The Balaban J connectivity index is 3.05. The highest BCUT2D eigenvalue weighted by molar-refractivity contribution is 9.09. The van der Waals surface area contributed by atoms with Crippen LogP contribution in [0.5, 0.6) is 0 Å². The number of hydrogen-bond donors (Lipinski definition) is 0. The second-order valence-corrected chi connectivity index (χ2v) is 2.87. The highest BCUT2D eigenvalue weighted by atomic mass is 79.9. The molecule has 0 aromatic heterocycles. The van der Waals surface area contributed by atoms with Crippen LogP contribution in [0, 0.1) is 0 Å². The van der Waals surface area contributed by atoms with E-state index in [0.717, 1.165) is 11.8 Å². The molecule has 0 heterocycles. The van der Waals surface area contributed by atoms with Crippen molar-refractivity contribution in [1.29, 1.82) is 0 Å². The number of halogens is 1. The summed E-state index contributed by atoms with van der Waals surface area (Å²) in [7, 11) is 1.65. The van der Waals surface area contributed by atoms with Crippen LogP contribution in [0.4, 0.5) is 0 Å². The lowest BCUT2D eigenvalue weighted by Gasteiger charge is -1.96. The van der Waals surface area contributed by atoms with E-state index in [1.807, 2.05) is 0 Å². The van der Waals surface area contributed by atoms with E-state index in [1.54, 1.807) is 7.11 Å². The molecule has 0 saturated heterocycles. The fourth-order valence-corrected chi connectivity index (χ4v) is 1.09. The zero-order valence-electron chi connectivity index (χ0n) is 6.23. The molecule has 0 bridgehead atoms. The number of ether oxygens (including phenoxy) is 1. The minimum atomic E-state index is 0.314. The molecule has 10 heavy (non-hydrogen) atoms. The fraction of sp³-hybridized carbons (Fsp3) is 0.857. The maximum atomic E-state index is 10.8. The number of rotatable bonds is 6. The van der Waals surface area contributed by atoms with Crippen LogP contribution in [0.25, 0.3) is 0 Å². The average molecular weight is 209 g/mol. The minimum absolute atomic E-state index is 0.314. The summed E-state index contributed by atoms with van der Waals surface area (Å²) in [4.78, 5) is 10.8. The summed E-state index contributed by atoms with van der Waals surface area (Å²) in [5, 5.41) is 0.777. The van der Waals surface area contributed by atoms with Crippen molar-refractivity contribution in [2.45, 2.75) is 19.3 Å². The summed E-state index contributed by atoms with van der Waals surface area (Å²) in [6.07, 6.45) is 2.14. The lowest BCUT2D eigenvalue weighted by atomic mass is 10.2. The highest BCUT2D eigenvalue weighted by Gasteiger charge is 1.98. The predicted octanol–water partition coefficient (Wildman–Crippen LogP) is 1.77. The smallest absolute Gasteiger partial charge is 0.133 e. The molecule has 0 radical (unpaired) electrons. The van der Waals surface area contributed by atoms with Gasteiger partial charge in [0.1, 0.15) is 5.78 Å². The van der Waals surface area contributed by atoms with Gasteiger partial charge in [0.05, 0.1) is 0 Å². The standard InChI is InChI=1S/C7H13BrO2/c1-10-6-2-3-7(9)4-5-8/h2-6H2,1H3. The third-order valence-electron chi connectivity index (χ3n) is 1.18. The molecule has 0 unspecified atom stereocenters. The van der Waals surface area contributed by atoms with Gasteiger partial charge in [-0.05, 0) is 6.42 Å². The molecular formula is C7H13BrO2. The topological polar surface area (TPSA) is 26.3 Å². The Bertz CT molecular complexity index is 93.6. The number of carbonyl (C=O) groups is 1. The number of carbonyl (C=O) groups excluding carboxylic acids is 1. The van der Waals surface area contributed by atoms with Gasteiger partial charge < -0.3 is 4.74 Å². The minimum Gasteiger partial charge on any atom is -0.385 e. The molecule has 0 aliphatic rings. The molecule has 0 spiro atoms. The Hall–Kier alpha value is 0.110. The lowest BCUT2D eigenvalue weighted by Crippen LogP contribution is -2.00. The van der Waals surface area contributed by atoms with Gasteiger partial charge in [0.25, 0.3) is 0 Å². The first-order valence-electron chi connectivity index (χ1n) is 3.38. The molecule has 0 saturated carbocycles. The first kappa shape index (κ1) is 10.1. The van der Waals surface area contributed by atoms with Crippen LogP contribution in [0.1, 0.15) is 19.3 Å². The Morgan fingerprint density at radius 3 is 2.70 bits per heavy atom. The van der Waals surface area contributed by atoms with Crippen LogP contribution in [-0.2, 0) is 9.53 Å². The van der Waals surface area contributed by atoms with E-state index in [2.05, 4.69) is 15.9 Å². The molecule has 0 aliphatic carbocycles. The second-order valence-electron chi connectivity index (χ2n) is 2.07. The van der Waals surface area contributed by atoms with Crippen LogP contribution in [0.15, 0.2) is 0 Å².